The lowest BCUT2D eigenvalue weighted by molar-refractivity contribution is -0.107. The average molecular weight is 150 g/mol. The second-order valence-electron chi connectivity index (χ2n) is 2.91. The van der Waals surface area contributed by atoms with Crippen molar-refractivity contribution in [1.82, 2.24) is 9.55 Å². The van der Waals surface area contributed by atoms with Crippen molar-refractivity contribution in [2.45, 2.75) is 25.3 Å². The van der Waals surface area contributed by atoms with E-state index in [0.717, 1.165) is 12.0 Å². The number of imidazole rings is 1. The number of carbonyl (C=O) groups excluding carboxylic acids is 1. The maximum Gasteiger partial charge on any atom is 0.125 e. The average Bonchev–Trinajstić information content (AvgIpc) is 2.75. The first-order chi connectivity index (χ1) is 5.40. The molecule has 0 aromatic carbocycles. The molecular weight excluding hydrogens is 140 g/mol. The first-order valence-electron chi connectivity index (χ1n) is 3.86. The normalized spacial score (nSPS) is 16.7. The highest BCUT2D eigenvalue weighted by atomic mass is 16.1. The minimum atomic E-state index is 0.444. The summed E-state index contributed by atoms with van der Waals surface area (Å²) in [6.45, 7) is 0. The predicted molar refractivity (Wildman–Crippen MR) is 40.3 cm³/mol. The van der Waals surface area contributed by atoms with Crippen LogP contribution in [0.4, 0.5) is 0 Å². The summed E-state index contributed by atoms with van der Waals surface area (Å²) in [6.07, 6.45) is 7.63. The van der Waals surface area contributed by atoms with Crippen LogP contribution in [-0.2, 0) is 11.2 Å². The Bertz CT molecular complexity index is 263. The Kier molecular flexibility index (Phi) is 1.49. The number of hydrogen-bond acceptors (Lipinski definition) is 2. The summed E-state index contributed by atoms with van der Waals surface area (Å²) in [5.74, 6) is 0. The minimum absolute atomic E-state index is 0.444. The van der Waals surface area contributed by atoms with E-state index in [1.54, 1.807) is 0 Å². The van der Waals surface area contributed by atoms with Crippen molar-refractivity contribution in [3.8, 4) is 0 Å². The largest absolute Gasteiger partial charge is 0.334 e. The Labute approximate surface area is 65.1 Å². The molecule has 1 heterocycles. The lowest BCUT2D eigenvalue weighted by atomic mass is 10.4. The standard InChI is InChI=1S/C8H10N2O/c11-4-3-7-5-10(6-9-7)8-1-2-8/h4-6,8H,1-3H2. The smallest absolute Gasteiger partial charge is 0.125 e. The van der Waals surface area contributed by atoms with Gasteiger partial charge in [0.05, 0.1) is 12.0 Å². The van der Waals surface area contributed by atoms with E-state index in [-0.39, 0.29) is 0 Å². The molecule has 11 heavy (non-hydrogen) atoms. The van der Waals surface area contributed by atoms with Crippen LogP contribution in [0.15, 0.2) is 12.5 Å². The maximum atomic E-state index is 10.1. The Hall–Kier alpha value is -1.12. The molecule has 0 saturated heterocycles. The molecule has 0 N–H and O–H groups in total. The van der Waals surface area contributed by atoms with Gasteiger partial charge < -0.3 is 9.36 Å². The summed E-state index contributed by atoms with van der Waals surface area (Å²) in [7, 11) is 0. The molecule has 1 saturated carbocycles. The van der Waals surface area contributed by atoms with Crippen LogP contribution in [0.1, 0.15) is 24.6 Å². The molecule has 3 nitrogen and oxygen atoms in total. The molecule has 0 bridgehead atoms. The first-order valence-corrected chi connectivity index (χ1v) is 3.86. The summed E-state index contributed by atoms with van der Waals surface area (Å²) < 4.78 is 2.10. The molecule has 1 fully saturated rings. The van der Waals surface area contributed by atoms with Crippen molar-refractivity contribution in [3.05, 3.63) is 18.2 Å². The van der Waals surface area contributed by atoms with Gasteiger partial charge in [0.1, 0.15) is 6.29 Å². The highest BCUT2D eigenvalue weighted by Gasteiger charge is 2.22. The topological polar surface area (TPSA) is 34.9 Å². The van der Waals surface area contributed by atoms with Gasteiger partial charge >= 0.3 is 0 Å². The Morgan fingerprint density at radius 3 is 3.18 bits per heavy atom. The highest BCUT2D eigenvalue weighted by molar-refractivity contribution is 5.53. The molecule has 2 rings (SSSR count). The van der Waals surface area contributed by atoms with Gasteiger partial charge in [0.25, 0.3) is 0 Å². The number of carbonyl (C=O) groups is 1. The molecule has 0 amide bonds. The third-order valence-electron chi connectivity index (χ3n) is 1.92. The van der Waals surface area contributed by atoms with Crippen molar-refractivity contribution >= 4 is 6.29 Å². The monoisotopic (exact) mass is 150 g/mol. The van der Waals surface area contributed by atoms with Crippen molar-refractivity contribution < 1.29 is 4.79 Å². The van der Waals surface area contributed by atoms with Gasteiger partial charge in [-0.05, 0) is 12.8 Å². The number of nitrogens with zero attached hydrogens (tertiary/aromatic N) is 2. The van der Waals surface area contributed by atoms with Crippen LogP contribution in [0.3, 0.4) is 0 Å². The molecule has 0 unspecified atom stereocenters. The highest BCUT2D eigenvalue weighted by Crippen LogP contribution is 2.34. The van der Waals surface area contributed by atoms with E-state index in [2.05, 4.69) is 9.55 Å². The van der Waals surface area contributed by atoms with Gasteiger partial charge in [0, 0.05) is 18.7 Å². The van der Waals surface area contributed by atoms with Gasteiger partial charge in [-0.3, -0.25) is 0 Å². The van der Waals surface area contributed by atoms with Gasteiger partial charge in [-0.25, -0.2) is 4.98 Å². The van der Waals surface area contributed by atoms with E-state index < -0.39 is 0 Å². The summed E-state index contributed by atoms with van der Waals surface area (Å²) in [5.41, 5.74) is 0.881. The molecule has 1 aromatic heterocycles. The van der Waals surface area contributed by atoms with Crippen molar-refractivity contribution in [2.24, 2.45) is 0 Å². The Balaban J connectivity index is 2.11. The predicted octanol–water partition coefficient (Wildman–Crippen LogP) is 0.959. The molecule has 1 aliphatic rings. The fraction of sp³-hybridized carbons (Fsp3) is 0.500. The number of hydrogen-bond donors (Lipinski definition) is 0. The maximum absolute atomic E-state index is 10.1. The van der Waals surface area contributed by atoms with Crippen LogP contribution in [0.2, 0.25) is 0 Å². The second kappa shape index (κ2) is 2.49. The molecular formula is C8H10N2O. The van der Waals surface area contributed by atoms with Crippen molar-refractivity contribution in [3.63, 3.8) is 0 Å². The van der Waals surface area contributed by atoms with E-state index in [4.69, 9.17) is 0 Å². The quantitative estimate of drug-likeness (QED) is 0.601. The van der Waals surface area contributed by atoms with Gasteiger partial charge in [-0.15, -0.1) is 0 Å². The Morgan fingerprint density at radius 2 is 2.55 bits per heavy atom. The van der Waals surface area contributed by atoms with Gasteiger partial charge in [0.2, 0.25) is 0 Å². The summed E-state index contributed by atoms with van der Waals surface area (Å²) in [5, 5.41) is 0. The molecule has 1 aromatic rings. The molecule has 0 radical (unpaired) electrons. The van der Waals surface area contributed by atoms with Crippen molar-refractivity contribution in [1.29, 1.82) is 0 Å². The summed E-state index contributed by atoms with van der Waals surface area (Å²) >= 11 is 0. The fourth-order valence-corrected chi connectivity index (χ4v) is 1.14. The molecule has 0 atom stereocenters. The van der Waals surface area contributed by atoms with Crippen LogP contribution in [-0.4, -0.2) is 15.8 Å². The Morgan fingerprint density at radius 1 is 1.73 bits per heavy atom. The summed E-state index contributed by atoms with van der Waals surface area (Å²) in [6, 6.07) is 0.669. The number of aromatic nitrogens is 2. The SMILES string of the molecule is O=CCc1cn(C2CC2)cn1. The minimum Gasteiger partial charge on any atom is -0.334 e. The first kappa shape index (κ1) is 6.58. The van der Waals surface area contributed by atoms with Gasteiger partial charge in [-0.2, -0.15) is 0 Å². The van der Waals surface area contributed by atoms with Crippen LogP contribution in [0, 0.1) is 0 Å². The third-order valence-corrected chi connectivity index (χ3v) is 1.92. The lowest BCUT2D eigenvalue weighted by Gasteiger charge is -1.92. The fourth-order valence-electron chi connectivity index (χ4n) is 1.14. The zero-order valence-corrected chi connectivity index (χ0v) is 6.23. The molecule has 0 aliphatic heterocycles. The van der Waals surface area contributed by atoms with E-state index in [0.29, 0.717) is 12.5 Å². The molecule has 1 aliphatic carbocycles. The van der Waals surface area contributed by atoms with Crippen LogP contribution in [0.25, 0.3) is 0 Å². The van der Waals surface area contributed by atoms with Crippen molar-refractivity contribution in [2.75, 3.05) is 0 Å². The number of aldehydes is 1. The molecule has 58 valence electrons. The zero-order chi connectivity index (χ0) is 7.68. The molecule has 3 heteroatoms. The van der Waals surface area contributed by atoms with Gasteiger partial charge in [-0.1, -0.05) is 0 Å². The zero-order valence-electron chi connectivity index (χ0n) is 6.23. The molecule has 0 spiro atoms. The van der Waals surface area contributed by atoms with E-state index in [9.17, 15) is 4.79 Å². The van der Waals surface area contributed by atoms with E-state index in [1.807, 2.05) is 12.5 Å². The van der Waals surface area contributed by atoms with Crippen LogP contribution < -0.4 is 0 Å². The van der Waals surface area contributed by atoms with E-state index in [1.165, 1.54) is 12.8 Å². The third kappa shape index (κ3) is 1.31. The lowest BCUT2D eigenvalue weighted by Crippen LogP contribution is -1.88. The van der Waals surface area contributed by atoms with Gasteiger partial charge in [0.15, 0.2) is 0 Å². The summed E-state index contributed by atoms with van der Waals surface area (Å²) in [4.78, 5) is 14.2. The number of rotatable bonds is 3. The second-order valence-corrected chi connectivity index (χ2v) is 2.91. The van der Waals surface area contributed by atoms with Crippen LogP contribution >= 0.6 is 0 Å². The van der Waals surface area contributed by atoms with Crippen LogP contribution in [0.5, 0.6) is 0 Å². The van der Waals surface area contributed by atoms with E-state index >= 15 is 0 Å².